The molecule has 0 aliphatic carbocycles. The SMILES string of the molecule is CC(C)[C@@H](CO)NC(=O)c1ccncc1. The highest BCUT2D eigenvalue weighted by Gasteiger charge is 2.15. The Labute approximate surface area is 89.3 Å². The number of hydrogen-bond donors (Lipinski definition) is 2. The van der Waals surface area contributed by atoms with E-state index >= 15 is 0 Å². The normalized spacial score (nSPS) is 12.5. The van der Waals surface area contributed by atoms with Crippen molar-refractivity contribution in [3.05, 3.63) is 30.1 Å². The van der Waals surface area contributed by atoms with Crippen molar-refractivity contribution in [1.29, 1.82) is 0 Å². The topological polar surface area (TPSA) is 62.2 Å². The monoisotopic (exact) mass is 208 g/mol. The summed E-state index contributed by atoms with van der Waals surface area (Å²) >= 11 is 0. The molecule has 1 rings (SSSR count). The summed E-state index contributed by atoms with van der Waals surface area (Å²) in [5, 5.41) is 11.8. The predicted octanol–water partition coefficient (Wildman–Crippen LogP) is 0.828. The molecular weight excluding hydrogens is 192 g/mol. The Morgan fingerprint density at radius 3 is 2.53 bits per heavy atom. The van der Waals surface area contributed by atoms with E-state index in [0.29, 0.717) is 5.56 Å². The standard InChI is InChI=1S/C11H16N2O2/c1-8(2)10(7-14)13-11(15)9-3-5-12-6-4-9/h3-6,8,10,14H,7H2,1-2H3,(H,13,15)/t10-/m1/s1. The van der Waals surface area contributed by atoms with Crippen LogP contribution in [0.1, 0.15) is 24.2 Å². The second-order valence-corrected chi connectivity index (χ2v) is 3.74. The second kappa shape index (κ2) is 5.46. The van der Waals surface area contributed by atoms with Crippen molar-refractivity contribution >= 4 is 5.91 Å². The summed E-state index contributed by atoms with van der Waals surface area (Å²) < 4.78 is 0. The molecule has 0 saturated carbocycles. The molecule has 0 saturated heterocycles. The maximum Gasteiger partial charge on any atom is 0.251 e. The van der Waals surface area contributed by atoms with E-state index in [2.05, 4.69) is 10.3 Å². The molecule has 0 aromatic carbocycles. The minimum atomic E-state index is -0.203. The lowest BCUT2D eigenvalue weighted by Gasteiger charge is -2.19. The zero-order valence-corrected chi connectivity index (χ0v) is 8.97. The molecule has 1 aromatic rings. The molecule has 0 spiro atoms. The highest BCUT2D eigenvalue weighted by Crippen LogP contribution is 2.03. The van der Waals surface area contributed by atoms with Crippen molar-refractivity contribution in [2.24, 2.45) is 5.92 Å². The first-order valence-electron chi connectivity index (χ1n) is 4.97. The van der Waals surface area contributed by atoms with Crippen LogP contribution in [0.5, 0.6) is 0 Å². The van der Waals surface area contributed by atoms with E-state index in [-0.39, 0.29) is 24.5 Å². The van der Waals surface area contributed by atoms with Crippen LogP contribution in [-0.4, -0.2) is 28.6 Å². The Morgan fingerprint density at radius 1 is 1.47 bits per heavy atom. The van der Waals surface area contributed by atoms with E-state index < -0.39 is 0 Å². The van der Waals surface area contributed by atoms with E-state index in [1.165, 1.54) is 0 Å². The maximum atomic E-state index is 11.7. The van der Waals surface area contributed by atoms with Gasteiger partial charge in [-0.05, 0) is 18.1 Å². The second-order valence-electron chi connectivity index (χ2n) is 3.74. The van der Waals surface area contributed by atoms with Gasteiger partial charge in [-0.25, -0.2) is 0 Å². The zero-order valence-electron chi connectivity index (χ0n) is 8.97. The third kappa shape index (κ3) is 3.32. The third-order valence-electron chi connectivity index (χ3n) is 2.26. The van der Waals surface area contributed by atoms with Crippen molar-refractivity contribution in [2.75, 3.05) is 6.61 Å². The van der Waals surface area contributed by atoms with Crippen LogP contribution in [0.2, 0.25) is 0 Å². The van der Waals surface area contributed by atoms with E-state index in [1.807, 2.05) is 13.8 Å². The molecule has 1 amide bonds. The number of aliphatic hydroxyl groups is 1. The lowest BCUT2D eigenvalue weighted by atomic mass is 10.1. The lowest BCUT2D eigenvalue weighted by Crippen LogP contribution is -2.41. The van der Waals surface area contributed by atoms with Crippen molar-refractivity contribution in [3.8, 4) is 0 Å². The van der Waals surface area contributed by atoms with Crippen molar-refractivity contribution in [1.82, 2.24) is 10.3 Å². The Kier molecular flexibility index (Phi) is 4.24. The summed E-state index contributed by atoms with van der Waals surface area (Å²) in [5.41, 5.74) is 0.559. The molecule has 0 aliphatic heterocycles. The predicted molar refractivity (Wildman–Crippen MR) is 57.4 cm³/mol. The van der Waals surface area contributed by atoms with Crippen LogP contribution in [0.3, 0.4) is 0 Å². The van der Waals surface area contributed by atoms with Gasteiger partial charge in [0.25, 0.3) is 5.91 Å². The molecule has 4 nitrogen and oxygen atoms in total. The van der Waals surface area contributed by atoms with Gasteiger partial charge in [0.1, 0.15) is 0 Å². The summed E-state index contributed by atoms with van der Waals surface area (Å²) in [6, 6.07) is 3.08. The minimum Gasteiger partial charge on any atom is -0.394 e. The number of aromatic nitrogens is 1. The number of aliphatic hydroxyl groups excluding tert-OH is 1. The molecule has 0 aliphatic rings. The van der Waals surface area contributed by atoms with Crippen LogP contribution in [0, 0.1) is 5.92 Å². The molecule has 4 heteroatoms. The van der Waals surface area contributed by atoms with Gasteiger partial charge >= 0.3 is 0 Å². The zero-order chi connectivity index (χ0) is 11.3. The highest BCUT2D eigenvalue weighted by molar-refractivity contribution is 5.94. The van der Waals surface area contributed by atoms with Crippen molar-refractivity contribution in [2.45, 2.75) is 19.9 Å². The summed E-state index contributed by atoms with van der Waals surface area (Å²) in [6.45, 7) is 3.86. The highest BCUT2D eigenvalue weighted by atomic mass is 16.3. The molecule has 1 atom stereocenters. The molecule has 1 heterocycles. The number of pyridine rings is 1. The molecule has 15 heavy (non-hydrogen) atoms. The molecule has 0 fully saturated rings. The lowest BCUT2D eigenvalue weighted by molar-refractivity contribution is 0.0897. The first-order valence-corrected chi connectivity index (χ1v) is 4.97. The Hall–Kier alpha value is -1.42. The van der Waals surface area contributed by atoms with Gasteiger partial charge in [0, 0.05) is 18.0 Å². The summed E-state index contributed by atoms with van der Waals surface area (Å²) in [6.07, 6.45) is 3.14. The molecule has 0 unspecified atom stereocenters. The quantitative estimate of drug-likeness (QED) is 0.770. The average Bonchev–Trinajstić information content (AvgIpc) is 2.26. The molecule has 0 bridgehead atoms. The number of carbonyl (C=O) groups excluding carboxylic acids is 1. The Balaban J connectivity index is 2.63. The number of rotatable bonds is 4. The number of hydrogen-bond acceptors (Lipinski definition) is 3. The number of amides is 1. The fourth-order valence-electron chi connectivity index (χ4n) is 1.18. The van der Waals surface area contributed by atoms with Gasteiger partial charge in [-0.1, -0.05) is 13.8 Å². The Morgan fingerprint density at radius 2 is 2.07 bits per heavy atom. The van der Waals surface area contributed by atoms with Gasteiger partial charge in [-0.15, -0.1) is 0 Å². The van der Waals surface area contributed by atoms with Crippen molar-refractivity contribution in [3.63, 3.8) is 0 Å². The van der Waals surface area contributed by atoms with E-state index in [1.54, 1.807) is 24.5 Å². The van der Waals surface area contributed by atoms with E-state index in [0.717, 1.165) is 0 Å². The molecule has 0 radical (unpaired) electrons. The fraction of sp³-hybridized carbons (Fsp3) is 0.455. The van der Waals surface area contributed by atoms with Crippen LogP contribution in [0.25, 0.3) is 0 Å². The van der Waals surface area contributed by atoms with E-state index in [9.17, 15) is 4.79 Å². The summed E-state index contributed by atoms with van der Waals surface area (Å²) in [4.78, 5) is 15.5. The Bertz CT molecular complexity index is 312. The van der Waals surface area contributed by atoms with Crippen LogP contribution in [0.4, 0.5) is 0 Å². The molecule has 82 valence electrons. The summed E-state index contributed by atoms with van der Waals surface area (Å²) in [7, 11) is 0. The third-order valence-corrected chi connectivity index (χ3v) is 2.26. The van der Waals surface area contributed by atoms with Gasteiger partial charge < -0.3 is 10.4 Å². The van der Waals surface area contributed by atoms with Gasteiger partial charge in [0.05, 0.1) is 12.6 Å². The maximum absolute atomic E-state index is 11.7. The largest absolute Gasteiger partial charge is 0.394 e. The first kappa shape index (κ1) is 11.7. The average molecular weight is 208 g/mol. The minimum absolute atomic E-state index is 0.0471. The van der Waals surface area contributed by atoms with Gasteiger partial charge in [-0.3, -0.25) is 9.78 Å². The number of nitrogens with zero attached hydrogens (tertiary/aromatic N) is 1. The first-order chi connectivity index (χ1) is 7.15. The molecule has 1 aromatic heterocycles. The molecular formula is C11H16N2O2. The number of carbonyl (C=O) groups is 1. The smallest absolute Gasteiger partial charge is 0.251 e. The summed E-state index contributed by atoms with van der Waals surface area (Å²) in [5.74, 6) is 0.0333. The van der Waals surface area contributed by atoms with Crippen molar-refractivity contribution < 1.29 is 9.90 Å². The van der Waals surface area contributed by atoms with Crippen LogP contribution >= 0.6 is 0 Å². The van der Waals surface area contributed by atoms with E-state index in [4.69, 9.17) is 5.11 Å². The van der Waals surface area contributed by atoms with Crippen LogP contribution < -0.4 is 5.32 Å². The molecule has 2 N–H and O–H groups in total. The van der Waals surface area contributed by atoms with Crippen LogP contribution in [-0.2, 0) is 0 Å². The van der Waals surface area contributed by atoms with Crippen LogP contribution in [0.15, 0.2) is 24.5 Å². The number of nitrogens with one attached hydrogen (secondary N) is 1. The van der Waals surface area contributed by atoms with Gasteiger partial charge in [0.15, 0.2) is 0 Å². The van der Waals surface area contributed by atoms with Gasteiger partial charge in [-0.2, -0.15) is 0 Å². The van der Waals surface area contributed by atoms with Gasteiger partial charge in [0.2, 0.25) is 0 Å². The fourth-order valence-corrected chi connectivity index (χ4v) is 1.18.